The highest BCUT2D eigenvalue weighted by Gasteiger charge is 2.10. The highest BCUT2D eigenvalue weighted by atomic mass is 32.1. The third-order valence-electron chi connectivity index (χ3n) is 3.28. The minimum absolute atomic E-state index is 0.0714. The summed E-state index contributed by atoms with van der Waals surface area (Å²) in [6, 6.07) is 3.74. The molecule has 0 spiro atoms. The minimum Gasteiger partial charge on any atom is -0.487 e. The molecule has 0 aliphatic carbocycles. The average Bonchev–Trinajstić information content (AvgIpc) is 2.98. The molecule has 0 radical (unpaired) electrons. The molecular weight excluding hydrogens is 284 g/mol. The predicted molar refractivity (Wildman–Crippen MR) is 84.3 cm³/mol. The van der Waals surface area contributed by atoms with Gasteiger partial charge in [0, 0.05) is 23.3 Å². The van der Waals surface area contributed by atoms with Crippen molar-refractivity contribution in [2.24, 2.45) is 5.73 Å². The third-order valence-corrected chi connectivity index (χ3v) is 4.05. The van der Waals surface area contributed by atoms with Crippen molar-refractivity contribution in [2.75, 3.05) is 0 Å². The van der Waals surface area contributed by atoms with Gasteiger partial charge in [-0.3, -0.25) is 9.81 Å². The largest absolute Gasteiger partial charge is 0.487 e. The van der Waals surface area contributed by atoms with Crippen LogP contribution in [0.5, 0.6) is 5.75 Å². The summed E-state index contributed by atoms with van der Waals surface area (Å²) >= 11 is 1.60. The van der Waals surface area contributed by atoms with E-state index in [9.17, 15) is 0 Å². The summed E-state index contributed by atoms with van der Waals surface area (Å²) in [5.74, 6) is 0.901. The van der Waals surface area contributed by atoms with Crippen LogP contribution in [0.2, 0.25) is 0 Å². The molecule has 6 heteroatoms. The molecule has 2 heterocycles. The van der Waals surface area contributed by atoms with Gasteiger partial charge in [-0.15, -0.1) is 11.3 Å². The van der Waals surface area contributed by atoms with Crippen LogP contribution in [0.4, 0.5) is 0 Å². The summed E-state index contributed by atoms with van der Waals surface area (Å²) in [6.45, 7) is 4.34. The average molecular weight is 300 g/mol. The van der Waals surface area contributed by atoms with Gasteiger partial charge in [0.15, 0.2) is 4.96 Å². The number of nitrogen functional groups attached to an aromatic ring is 1. The summed E-state index contributed by atoms with van der Waals surface area (Å²) in [5.41, 5.74) is 9.10. The SMILES string of the molecule is Cc1cc(C(=N)N)cc(C)c1OCc1cn2ccsc2n1. The number of benzene rings is 1. The van der Waals surface area contributed by atoms with Crippen LogP contribution in [-0.4, -0.2) is 15.2 Å². The van der Waals surface area contributed by atoms with Crippen molar-refractivity contribution in [2.45, 2.75) is 20.5 Å². The summed E-state index contributed by atoms with van der Waals surface area (Å²) < 4.78 is 7.89. The van der Waals surface area contributed by atoms with Crippen molar-refractivity contribution >= 4 is 22.1 Å². The number of imidazole rings is 1. The van der Waals surface area contributed by atoms with Crippen LogP contribution < -0.4 is 10.5 Å². The first-order valence-corrected chi connectivity index (χ1v) is 7.42. The number of rotatable bonds is 4. The molecule has 0 fully saturated rings. The van der Waals surface area contributed by atoms with Gasteiger partial charge in [-0.05, 0) is 37.1 Å². The second-order valence-corrected chi connectivity index (χ2v) is 5.84. The number of hydrogen-bond donors (Lipinski definition) is 2. The van der Waals surface area contributed by atoms with Gasteiger partial charge in [-0.2, -0.15) is 0 Å². The van der Waals surface area contributed by atoms with E-state index < -0.39 is 0 Å². The van der Waals surface area contributed by atoms with E-state index in [1.807, 2.05) is 48.2 Å². The molecule has 0 unspecified atom stereocenters. The van der Waals surface area contributed by atoms with Gasteiger partial charge in [-0.25, -0.2) is 4.98 Å². The van der Waals surface area contributed by atoms with E-state index in [-0.39, 0.29) is 5.84 Å². The molecule has 0 atom stereocenters. The molecule has 21 heavy (non-hydrogen) atoms. The van der Waals surface area contributed by atoms with Crippen LogP contribution >= 0.6 is 11.3 Å². The fourth-order valence-electron chi connectivity index (χ4n) is 2.33. The topological polar surface area (TPSA) is 76.4 Å². The Morgan fingerprint density at radius 1 is 1.38 bits per heavy atom. The molecule has 5 nitrogen and oxygen atoms in total. The number of ether oxygens (including phenoxy) is 1. The van der Waals surface area contributed by atoms with E-state index in [1.54, 1.807) is 11.3 Å². The second-order valence-electron chi connectivity index (χ2n) is 4.97. The van der Waals surface area contributed by atoms with Gasteiger partial charge >= 0.3 is 0 Å². The predicted octanol–water partition coefficient (Wildman–Crippen LogP) is 2.88. The van der Waals surface area contributed by atoms with Gasteiger partial charge in [0.05, 0.1) is 5.69 Å². The Balaban J connectivity index is 1.81. The van der Waals surface area contributed by atoms with E-state index in [0.29, 0.717) is 6.61 Å². The van der Waals surface area contributed by atoms with Gasteiger partial charge < -0.3 is 10.5 Å². The van der Waals surface area contributed by atoms with Gasteiger partial charge in [0.1, 0.15) is 18.2 Å². The highest BCUT2D eigenvalue weighted by Crippen LogP contribution is 2.25. The quantitative estimate of drug-likeness (QED) is 0.574. The number of aromatic nitrogens is 2. The standard InChI is InChI=1S/C15H16N4OS/c1-9-5-11(14(16)17)6-10(2)13(9)20-8-12-7-19-3-4-21-15(19)18-12/h3-7H,8H2,1-2H3,(H3,16,17). The van der Waals surface area contributed by atoms with E-state index in [0.717, 1.165) is 33.1 Å². The van der Waals surface area contributed by atoms with E-state index in [2.05, 4.69) is 4.98 Å². The zero-order chi connectivity index (χ0) is 15.0. The Labute approximate surface area is 126 Å². The monoisotopic (exact) mass is 300 g/mol. The maximum atomic E-state index is 7.51. The normalized spacial score (nSPS) is 11.0. The number of thiazole rings is 1. The van der Waals surface area contributed by atoms with Crippen LogP contribution in [-0.2, 0) is 6.61 Å². The van der Waals surface area contributed by atoms with Crippen molar-refractivity contribution < 1.29 is 4.74 Å². The molecular formula is C15H16N4OS. The maximum absolute atomic E-state index is 7.51. The van der Waals surface area contributed by atoms with Crippen molar-refractivity contribution in [3.8, 4) is 5.75 Å². The zero-order valence-corrected chi connectivity index (χ0v) is 12.7. The summed E-state index contributed by atoms with van der Waals surface area (Å²) in [6.07, 6.45) is 3.95. The fraction of sp³-hybridized carbons (Fsp3) is 0.200. The third kappa shape index (κ3) is 2.62. The first-order valence-electron chi connectivity index (χ1n) is 6.54. The molecule has 2 aromatic heterocycles. The summed E-state index contributed by atoms with van der Waals surface area (Å²) in [4.78, 5) is 5.46. The lowest BCUT2D eigenvalue weighted by Crippen LogP contribution is -2.12. The van der Waals surface area contributed by atoms with E-state index in [1.165, 1.54) is 0 Å². The highest BCUT2D eigenvalue weighted by molar-refractivity contribution is 7.15. The molecule has 3 N–H and O–H groups in total. The summed E-state index contributed by atoms with van der Waals surface area (Å²) in [7, 11) is 0. The molecule has 0 bridgehead atoms. The van der Waals surface area contributed by atoms with E-state index >= 15 is 0 Å². The first-order chi connectivity index (χ1) is 10.0. The molecule has 108 valence electrons. The van der Waals surface area contributed by atoms with Crippen molar-refractivity contribution in [1.29, 1.82) is 5.41 Å². The molecule has 0 saturated carbocycles. The second kappa shape index (κ2) is 5.21. The number of nitrogens with two attached hydrogens (primary N) is 1. The summed E-state index contributed by atoms with van der Waals surface area (Å²) in [5, 5.41) is 9.51. The number of hydrogen-bond acceptors (Lipinski definition) is 4. The number of amidine groups is 1. The molecule has 0 saturated heterocycles. The van der Waals surface area contributed by atoms with Crippen LogP contribution in [0.3, 0.4) is 0 Å². The van der Waals surface area contributed by atoms with Crippen molar-refractivity contribution in [3.05, 3.63) is 52.3 Å². The van der Waals surface area contributed by atoms with Crippen molar-refractivity contribution in [3.63, 3.8) is 0 Å². The van der Waals surface area contributed by atoms with Crippen LogP contribution in [0.25, 0.3) is 4.96 Å². The minimum atomic E-state index is 0.0714. The maximum Gasteiger partial charge on any atom is 0.193 e. The van der Waals surface area contributed by atoms with Crippen LogP contribution in [0.15, 0.2) is 29.9 Å². The Kier molecular flexibility index (Phi) is 3.39. The molecule has 0 amide bonds. The fourth-order valence-corrected chi connectivity index (χ4v) is 3.04. The molecule has 3 aromatic rings. The first kappa shape index (κ1) is 13.6. The Morgan fingerprint density at radius 2 is 2.10 bits per heavy atom. The van der Waals surface area contributed by atoms with E-state index in [4.69, 9.17) is 15.9 Å². The lowest BCUT2D eigenvalue weighted by Gasteiger charge is -2.13. The molecule has 0 aliphatic rings. The molecule has 3 rings (SSSR count). The smallest absolute Gasteiger partial charge is 0.193 e. The Morgan fingerprint density at radius 3 is 2.71 bits per heavy atom. The molecule has 1 aromatic carbocycles. The zero-order valence-electron chi connectivity index (χ0n) is 11.9. The number of nitrogens with zero attached hydrogens (tertiary/aromatic N) is 2. The Hall–Kier alpha value is -2.34. The van der Waals surface area contributed by atoms with Gasteiger partial charge in [0.2, 0.25) is 0 Å². The van der Waals surface area contributed by atoms with Crippen LogP contribution in [0.1, 0.15) is 22.4 Å². The van der Waals surface area contributed by atoms with Crippen molar-refractivity contribution in [1.82, 2.24) is 9.38 Å². The lowest BCUT2D eigenvalue weighted by atomic mass is 10.1. The number of aryl methyl sites for hydroxylation is 2. The number of nitrogens with one attached hydrogen (secondary N) is 1. The number of fused-ring (bicyclic) bond motifs is 1. The van der Waals surface area contributed by atoms with Crippen LogP contribution in [0, 0.1) is 19.3 Å². The van der Waals surface area contributed by atoms with Gasteiger partial charge in [-0.1, -0.05) is 0 Å². The molecule has 0 aliphatic heterocycles. The Bertz CT molecular complexity index is 767. The van der Waals surface area contributed by atoms with Gasteiger partial charge in [0.25, 0.3) is 0 Å². The lowest BCUT2D eigenvalue weighted by molar-refractivity contribution is 0.298.